The highest BCUT2D eigenvalue weighted by atomic mass is 16.6. The van der Waals surface area contributed by atoms with E-state index in [0.717, 1.165) is 11.6 Å². The Hall–Kier alpha value is -2.38. The molecular weight excluding hydrogens is 328 g/mol. The van der Waals surface area contributed by atoms with Gasteiger partial charge in [-0.15, -0.1) is 0 Å². The SMILES string of the molecule is CCOC(=O)c1cc(=O)c2c(O)c(C[C@@H]3CO3)cc(C[C@H]3CO3)c2o1. The topological polar surface area (TPSA) is 102 Å². The number of aromatic hydroxyl groups is 1. The average Bonchev–Trinajstić information content (AvgIpc) is 3.47. The summed E-state index contributed by atoms with van der Waals surface area (Å²) in [4.78, 5) is 24.5. The third-order valence-corrected chi connectivity index (χ3v) is 4.31. The maximum Gasteiger partial charge on any atom is 0.374 e. The van der Waals surface area contributed by atoms with Crippen LogP contribution >= 0.6 is 0 Å². The minimum atomic E-state index is -0.704. The summed E-state index contributed by atoms with van der Waals surface area (Å²) in [7, 11) is 0. The second-order valence-corrected chi connectivity index (χ2v) is 6.26. The molecule has 0 radical (unpaired) electrons. The Bertz CT molecular complexity index is 890. The van der Waals surface area contributed by atoms with Gasteiger partial charge in [0.15, 0.2) is 5.43 Å². The Morgan fingerprint density at radius 3 is 2.44 bits per heavy atom. The van der Waals surface area contributed by atoms with Crippen LogP contribution < -0.4 is 5.43 Å². The van der Waals surface area contributed by atoms with Crippen molar-refractivity contribution in [2.75, 3.05) is 19.8 Å². The third kappa shape index (κ3) is 3.25. The molecule has 0 saturated carbocycles. The largest absolute Gasteiger partial charge is 0.507 e. The Morgan fingerprint density at radius 2 is 1.84 bits per heavy atom. The van der Waals surface area contributed by atoms with E-state index in [1.54, 1.807) is 13.0 Å². The van der Waals surface area contributed by atoms with Crippen molar-refractivity contribution in [3.63, 3.8) is 0 Å². The molecule has 2 atom stereocenters. The summed E-state index contributed by atoms with van der Waals surface area (Å²) in [6.45, 7) is 3.14. The van der Waals surface area contributed by atoms with Crippen LogP contribution in [0.25, 0.3) is 11.0 Å². The normalized spacial score (nSPS) is 21.3. The maximum absolute atomic E-state index is 12.5. The molecule has 7 nitrogen and oxygen atoms in total. The third-order valence-electron chi connectivity index (χ3n) is 4.31. The van der Waals surface area contributed by atoms with Crippen molar-refractivity contribution in [3.05, 3.63) is 39.2 Å². The first-order valence-electron chi connectivity index (χ1n) is 8.28. The summed E-state index contributed by atoms with van der Waals surface area (Å²) in [5.74, 6) is -0.991. The van der Waals surface area contributed by atoms with Gasteiger partial charge in [0.05, 0.1) is 32.0 Å². The number of benzene rings is 1. The van der Waals surface area contributed by atoms with Crippen LogP contribution in [0.1, 0.15) is 28.6 Å². The number of carbonyl (C=O) groups is 1. The molecule has 1 aromatic carbocycles. The molecule has 132 valence electrons. The maximum atomic E-state index is 12.5. The van der Waals surface area contributed by atoms with Gasteiger partial charge in [0, 0.05) is 18.9 Å². The standard InChI is InChI=1S/C18H18O7/c1-2-22-18(21)14-6-13(19)15-16(20)9(4-11-7-23-11)3-10(17(15)25-14)5-12-8-24-12/h3,6,11-12,20H,2,4-5,7-8H2,1H3/t11-,12+/m1/s1. The van der Waals surface area contributed by atoms with Crippen molar-refractivity contribution in [1.82, 2.24) is 0 Å². The van der Waals surface area contributed by atoms with Crippen LogP contribution in [0.5, 0.6) is 5.75 Å². The van der Waals surface area contributed by atoms with E-state index in [0.29, 0.717) is 31.6 Å². The minimum Gasteiger partial charge on any atom is -0.507 e. The van der Waals surface area contributed by atoms with Gasteiger partial charge in [-0.3, -0.25) is 4.79 Å². The monoisotopic (exact) mass is 346 g/mol. The van der Waals surface area contributed by atoms with Gasteiger partial charge in [0.1, 0.15) is 16.7 Å². The first-order valence-corrected chi connectivity index (χ1v) is 8.28. The number of esters is 1. The van der Waals surface area contributed by atoms with E-state index in [-0.39, 0.29) is 41.3 Å². The van der Waals surface area contributed by atoms with Crippen molar-refractivity contribution < 1.29 is 28.5 Å². The Balaban J connectivity index is 1.87. The van der Waals surface area contributed by atoms with Crippen molar-refractivity contribution in [1.29, 1.82) is 0 Å². The van der Waals surface area contributed by atoms with Crippen LogP contribution in [0.4, 0.5) is 0 Å². The smallest absolute Gasteiger partial charge is 0.374 e. The van der Waals surface area contributed by atoms with E-state index in [1.165, 1.54) is 0 Å². The number of fused-ring (bicyclic) bond motifs is 1. The molecule has 2 aliphatic heterocycles. The Morgan fingerprint density at radius 1 is 1.20 bits per heavy atom. The summed E-state index contributed by atoms with van der Waals surface area (Å²) < 4.78 is 21.1. The number of epoxide rings is 2. The number of carbonyl (C=O) groups excluding carboxylic acids is 1. The lowest BCUT2D eigenvalue weighted by molar-refractivity contribution is 0.0490. The first-order chi connectivity index (χ1) is 12.1. The zero-order valence-electron chi connectivity index (χ0n) is 13.7. The molecule has 2 fully saturated rings. The molecular formula is C18H18O7. The van der Waals surface area contributed by atoms with Crippen LogP contribution in [-0.4, -0.2) is 43.1 Å². The summed E-state index contributed by atoms with van der Waals surface area (Å²) in [6, 6.07) is 2.87. The van der Waals surface area contributed by atoms with Gasteiger partial charge in [0.2, 0.25) is 5.76 Å². The van der Waals surface area contributed by atoms with E-state index in [4.69, 9.17) is 18.6 Å². The van der Waals surface area contributed by atoms with Crippen LogP contribution in [0.15, 0.2) is 21.3 Å². The predicted molar refractivity (Wildman–Crippen MR) is 87.0 cm³/mol. The molecule has 7 heteroatoms. The quantitative estimate of drug-likeness (QED) is 0.625. The highest BCUT2D eigenvalue weighted by Gasteiger charge is 2.29. The lowest BCUT2D eigenvalue weighted by atomic mass is 9.98. The Kier molecular flexibility index (Phi) is 3.97. The summed E-state index contributed by atoms with van der Waals surface area (Å²) >= 11 is 0. The molecule has 2 aliphatic rings. The van der Waals surface area contributed by atoms with Gasteiger partial charge in [-0.1, -0.05) is 0 Å². The molecule has 25 heavy (non-hydrogen) atoms. The highest BCUT2D eigenvalue weighted by molar-refractivity contribution is 5.92. The summed E-state index contributed by atoms with van der Waals surface area (Å²) in [6.07, 6.45) is 1.21. The number of hydrogen-bond donors (Lipinski definition) is 1. The van der Waals surface area contributed by atoms with Crippen molar-refractivity contribution >= 4 is 16.9 Å². The van der Waals surface area contributed by atoms with E-state index in [2.05, 4.69) is 0 Å². The fourth-order valence-electron chi connectivity index (χ4n) is 2.92. The number of hydrogen-bond acceptors (Lipinski definition) is 7. The molecule has 0 unspecified atom stereocenters. The molecule has 1 N–H and O–H groups in total. The molecule has 2 saturated heterocycles. The lowest BCUT2D eigenvalue weighted by Gasteiger charge is -2.12. The second-order valence-electron chi connectivity index (χ2n) is 6.26. The highest BCUT2D eigenvalue weighted by Crippen LogP contribution is 2.34. The minimum absolute atomic E-state index is 0.0642. The van der Waals surface area contributed by atoms with E-state index >= 15 is 0 Å². The first kappa shape index (κ1) is 16.1. The zero-order valence-corrected chi connectivity index (χ0v) is 13.7. The predicted octanol–water partition coefficient (Wildman–Crippen LogP) is 1.56. The molecule has 4 rings (SSSR count). The molecule has 3 heterocycles. The van der Waals surface area contributed by atoms with Crippen LogP contribution in [0, 0.1) is 0 Å². The van der Waals surface area contributed by atoms with E-state index < -0.39 is 11.4 Å². The molecule has 1 aromatic heterocycles. The van der Waals surface area contributed by atoms with E-state index in [1.807, 2.05) is 0 Å². The van der Waals surface area contributed by atoms with Gasteiger partial charge in [-0.25, -0.2) is 4.79 Å². The number of rotatable bonds is 6. The number of phenols is 1. The van der Waals surface area contributed by atoms with Gasteiger partial charge < -0.3 is 23.7 Å². The zero-order chi connectivity index (χ0) is 17.6. The fourth-order valence-corrected chi connectivity index (χ4v) is 2.92. The molecule has 0 bridgehead atoms. The summed E-state index contributed by atoms with van der Waals surface area (Å²) in [5, 5.41) is 10.6. The van der Waals surface area contributed by atoms with Crippen molar-refractivity contribution in [3.8, 4) is 5.75 Å². The van der Waals surface area contributed by atoms with Gasteiger partial charge in [0.25, 0.3) is 0 Å². The van der Waals surface area contributed by atoms with Gasteiger partial charge in [-0.05, 0) is 24.1 Å². The lowest BCUT2D eigenvalue weighted by Crippen LogP contribution is -2.12. The summed E-state index contributed by atoms with van der Waals surface area (Å²) in [5.41, 5.74) is 1.11. The van der Waals surface area contributed by atoms with Crippen LogP contribution in [0.2, 0.25) is 0 Å². The molecule has 0 amide bonds. The van der Waals surface area contributed by atoms with Crippen molar-refractivity contribution in [2.45, 2.75) is 32.0 Å². The van der Waals surface area contributed by atoms with Crippen LogP contribution in [-0.2, 0) is 27.1 Å². The molecule has 0 aliphatic carbocycles. The van der Waals surface area contributed by atoms with E-state index in [9.17, 15) is 14.7 Å². The van der Waals surface area contributed by atoms with Gasteiger partial charge in [-0.2, -0.15) is 0 Å². The number of ether oxygens (including phenoxy) is 3. The van der Waals surface area contributed by atoms with Gasteiger partial charge >= 0.3 is 5.97 Å². The average molecular weight is 346 g/mol. The molecule has 0 spiro atoms. The Labute approximate surface area is 143 Å². The number of phenolic OH excluding ortho intramolecular Hbond substituents is 1. The van der Waals surface area contributed by atoms with Crippen LogP contribution in [0.3, 0.4) is 0 Å². The molecule has 2 aromatic rings. The van der Waals surface area contributed by atoms with Crippen molar-refractivity contribution in [2.24, 2.45) is 0 Å². The second kappa shape index (κ2) is 6.16. The fraction of sp³-hybridized carbons (Fsp3) is 0.444.